The molecule has 8 N–H and O–H groups in total. The van der Waals surface area contributed by atoms with Gasteiger partial charge in [-0.25, -0.2) is 64.2 Å². The molecule has 0 unspecified atom stereocenters. The minimum absolute atomic E-state index is 0. The Labute approximate surface area is 768 Å². The van der Waals surface area contributed by atoms with E-state index >= 15 is 0 Å². The number of aromatic nitrogens is 20. The monoisotopic (exact) mass is 1820 g/mol. The standard InChI is InChI=1S/C25H24N6O.C23H19ClN6O.C23H19FN6O.C22H17ClN6O.4H2S/c1-4-19(30-24-22-23(27-13-26-22)28-14-29-24)20-12-17-7-5-6-16(3)21(17)25(32)31(20)18-10-8-15(2)9-11-18;1-2-17(29-22-20-21(26-12-25-20)27-13-28-22)18-11-14-7-6-10-16(24)19(14)23(31)30(18)15-8-4-3-5-9-15;1-13-6-5-7-15-10-18(14(2)29-22-20-21(26-11-25-20)27-12-28-22)30(23(31)19(13)15)17-9-4-3-8-16(17)24;1-13(28-21-19-20(25-11-24-19)26-12-27-21)17-10-14-6-5-9-16(23)18(14)22(30)29(17)15-7-3-2-4-8-15;;;;/h5-14,19H,4H2,1-3H3,(H2,26,27,28,29,30);3-13,17H,2H2,1H3,(H2,25,26,27,28,29);3-12,14H,1-2H3,(H2,25,26,27,28,29);2-13H,1H3,(H2,24,25,26,27,28);4*1H2/t19-;17-;14-;13-;;;;/m0000..../s1. The van der Waals surface area contributed by atoms with Crippen molar-refractivity contribution < 1.29 is 4.39 Å². The van der Waals surface area contributed by atoms with Crippen molar-refractivity contribution in [3.63, 3.8) is 0 Å². The molecule has 0 radical (unpaired) electrons. The molecule has 8 aromatic carbocycles. The summed E-state index contributed by atoms with van der Waals surface area (Å²) in [5, 5.41) is 20.2. The SMILES string of the molecule is CC[C@H](Nc1ncnc2nc[nH]c12)c1cc2cccc(C)c2c(=O)n1-c1ccc(C)cc1.CC[C@H](Nc1ncnc2nc[nH]c12)c1cc2cccc(Cl)c2c(=O)n1-c1ccccc1.C[C@H](Nc1ncnc2nc[nH]c12)c1cc2cccc(Cl)c2c(=O)n1-c1ccccc1.Cc1cccc2cc([C@H](C)Nc3ncnc4nc[nH]c34)n(-c3ccccc3F)c(=O)c12.S.S.S.S. The maximum atomic E-state index is 14.8. The van der Waals surface area contributed by atoms with Crippen LogP contribution in [0.5, 0.6) is 0 Å². The first-order chi connectivity index (χ1) is 60.4. The third-order valence-electron chi connectivity index (χ3n) is 21.7. The van der Waals surface area contributed by atoms with Crippen LogP contribution in [0.25, 0.3) is 110 Å². The minimum atomic E-state index is -0.469. The van der Waals surface area contributed by atoms with E-state index < -0.39 is 5.82 Å². The van der Waals surface area contributed by atoms with Crippen LogP contribution in [-0.2, 0) is 0 Å². The van der Waals surface area contributed by atoms with E-state index in [0.717, 1.165) is 102 Å². The van der Waals surface area contributed by atoms with Crippen LogP contribution >= 0.6 is 77.2 Å². The molecule has 4 atom stereocenters. The van der Waals surface area contributed by atoms with Crippen LogP contribution < -0.4 is 43.5 Å². The van der Waals surface area contributed by atoms with Crippen molar-refractivity contribution in [2.45, 2.75) is 85.5 Å². The van der Waals surface area contributed by atoms with Gasteiger partial charge < -0.3 is 41.2 Å². The van der Waals surface area contributed by atoms with Gasteiger partial charge in [0.1, 0.15) is 53.2 Å². The minimum Gasteiger partial charge on any atom is -0.360 e. The van der Waals surface area contributed by atoms with Crippen LogP contribution in [0.1, 0.15) is 104 Å². The van der Waals surface area contributed by atoms with Crippen LogP contribution in [0.15, 0.2) is 276 Å². The van der Waals surface area contributed by atoms with Gasteiger partial charge in [-0.1, -0.05) is 164 Å². The predicted molar refractivity (Wildman–Crippen MR) is 528 cm³/mol. The summed E-state index contributed by atoms with van der Waals surface area (Å²) in [5.41, 5.74) is 13.2. The Bertz CT molecular complexity index is 7670. The van der Waals surface area contributed by atoms with Crippen LogP contribution in [0.4, 0.5) is 27.7 Å². The second-order valence-corrected chi connectivity index (χ2v) is 30.3. The molecule has 20 rings (SSSR count). The molecule has 0 bridgehead atoms. The van der Waals surface area contributed by atoms with E-state index in [9.17, 15) is 23.6 Å². The summed E-state index contributed by atoms with van der Waals surface area (Å²) in [6.07, 6.45) is 13.6. The highest BCUT2D eigenvalue weighted by Crippen LogP contribution is 2.35. The van der Waals surface area contributed by atoms with Gasteiger partial charge >= 0.3 is 0 Å². The fourth-order valence-electron chi connectivity index (χ4n) is 15.6. The summed E-state index contributed by atoms with van der Waals surface area (Å²) in [6.45, 7) is 13.9. The molecule has 0 saturated heterocycles. The number of nitrogens with one attached hydrogen (secondary N) is 8. The lowest BCUT2D eigenvalue weighted by Gasteiger charge is -2.24. The first-order valence-electron chi connectivity index (χ1n) is 40.0. The molecule has 12 heterocycles. The van der Waals surface area contributed by atoms with E-state index in [1.165, 1.54) is 35.9 Å². The van der Waals surface area contributed by atoms with Gasteiger partial charge in [0.05, 0.1) is 86.8 Å². The fraction of sp³-hybridized carbons (Fsp3) is 0.140. The number of hydrogen-bond acceptors (Lipinski definition) is 20. The molecule has 0 amide bonds. The van der Waals surface area contributed by atoms with E-state index in [1.807, 2.05) is 203 Å². The molecule has 35 heteroatoms. The Morgan fingerprint density at radius 2 is 0.656 bits per heavy atom. The van der Waals surface area contributed by atoms with Gasteiger partial charge in [-0.2, -0.15) is 54.0 Å². The summed E-state index contributed by atoms with van der Waals surface area (Å²) in [4.78, 5) is 118. The van der Waals surface area contributed by atoms with Crippen molar-refractivity contribution in [1.82, 2.24) is 98.0 Å². The number of aryl methyl sites for hydroxylation is 3. The molecule has 0 aliphatic rings. The lowest BCUT2D eigenvalue weighted by Crippen LogP contribution is -2.27. The number of imidazole rings is 4. The Morgan fingerprint density at radius 3 is 1.04 bits per heavy atom. The molecule has 12 aromatic heterocycles. The quantitative estimate of drug-likeness (QED) is 0.0395. The predicted octanol–water partition coefficient (Wildman–Crippen LogP) is 18.9. The number of benzene rings is 8. The van der Waals surface area contributed by atoms with Gasteiger partial charge in [0.25, 0.3) is 22.2 Å². The van der Waals surface area contributed by atoms with E-state index in [4.69, 9.17) is 23.2 Å². The average molecular weight is 1820 g/mol. The number of fused-ring (bicyclic) bond motifs is 8. The molecule has 648 valence electrons. The van der Waals surface area contributed by atoms with Crippen molar-refractivity contribution in [3.05, 3.63) is 354 Å². The summed E-state index contributed by atoms with van der Waals surface area (Å²) in [5.74, 6) is 1.98. The third-order valence-corrected chi connectivity index (χ3v) is 22.3. The summed E-state index contributed by atoms with van der Waals surface area (Å²) in [7, 11) is 0. The maximum Gasteiger partial charge on any atom is 0.264 e. The lowest BCUT2D eigenvalue weighted by atomic mass is 10.0. The average Bonchev–Trinajstić information content (AvgIpc) is 1.15. The lowest BCUT2D eigenvalue weighted by molar-refractivity contribution is 0.611. The highest BCUT2D eigenvalue weighted by molar-refractivity contribution is 7.59. The molecular weight excluding hydrogens is 1740 g/mol. The smallest absolute Gasteiger partial charge is 0.264 e. The first-order valence-corrected chi connectivity index (χ1v) is 40.7. The molecule has 0 fully saturated rings. The molecule has 28 nitrogen and oxygen atoms in total. The Balaban J connectivity index is 0.000000144. The van der Waals surface area contributed by atoms with Crippen molar-refractivity contribution >= 4 is 188 Å². The highest BCUT2D eigenvalue weighted by atomic mass is 35.5. The number of anilines is 4. The van der Waals surface area contributed by atoms with E-state index in [-0.39, 0.29) is 106 Å². The number of hydrogen-bond donors (Lipinski definition) is 8. The molecule has 128 heavy (non-hydrogen) atoms. The number of H-pyrrole nitrogens is 4. The first kappa shape index (κ1) is 91.6. The van der Waals surface area contributed by atoms with E-state index in [2.05, 4.69) is 121 Å². The number of para-hydroxylation sites is 3. The maximum absolute atomic E-state index is 14.8. The normalized spacial score (nSPS) is 12.0. The summed E-state index contributed by atoms with van der Waals surface area (Å²) in [6, 6.07) is 63.1. The van der Waals surface area contributed by atoms with Crippen LogP contribution in [-0.4, -0.2) is 98.0 Å². The third kappa shape index (κ3) is 18.2. The number of nitrogens with zero attached hydrogens (tertiary/aromatic N) is 16. The van der Waals surface area contributed by atoms with Crippen LogP contribution in [0, 0.1) is 26.6 Å². The molecular formula is C93H87Cl2FN24O4S4. The number of aromatic amines is 4. The zero-order chi connectivity index (χ0) is 85.8. The van der Waals surface area contributed by atoms with E-state index in [1.54, 1.807) is 64.8 Å². The van der Waals surface area contributed by atoms with Crippen LogP contribution in [0.3, 0.4) is 0 Å². The van der Waals surface area contributed by atoms with Gasteiger partial charge in [-0.05, 0) is 165 Å². The highest BCUT2D eigenvalue weighted by Gasteiger charge is 2.27. The number of rotatable bonds is 18. The largest absolute Gasteiger partial charge is 0.360 e. The second kappa shape index (κ2) is 40.0. The molecule has 0 aliphatic heterocycles. The summed E-state index contributed by atoms with van der Waals surface area (Å²) >= 11 is 12.8. The number of halogens is 3. The molecule has 0 spiro atoms. The van der Waals surface area contributed by atoms with E-state index in [0.29, 0.717) is 88.8 Å². The topological polar surface area (TPSA) is 354 Å². The Hall–Kier alpha value is -14.1. The van der Waals surface area contributed by atoms with Gasteiger partial charge in [0.2, 0.25) is 0 Å². The van der Waals surface area contributed by atoms with Gasteiger partial charge in [0, 0.05) is 39.8 Å². The van der Waals surface area contributed by atoms with Gasteiger partial charge in [-0.3, -0.25) is 37.4 Å². The van der Waals surface area contributed by atoms with Gasteiger partial charge in [-0.15, -0.1) is 0 Å². The van der Waals surface area contributed by atoms with Crippen molar-refractivity contribution in [1.29, 1.82) is 0 Å². The van der Waals surface area contributed by atoms with Crippen molar-refractivity contribution in [3.8, 4) is 22.7 Å². The van der Waals surface area contributed by atoms with Gasteiger partial charge in [0.15, 0.2) is 45.9 Å². The Kier molecular flexibility index (Phi) is 28.7. The molecule has 0 aliphatic carbocycles. The van der Waals surface area contributed by atoms with Crippen molar-refractivity contribution in [2.24, 2.45) is 0 Å². The zero-order valence-electron chi connectivity index (χ0n) is 69.9. The molecule has 20 aromatic rings. The number of pyridine rings is 4. The molecule has 0 saturated carbocycles. The van der Waals surface area contributed by atoms with Crippen molar-refractivity contribution in [2.75, 3.05) is 21.3 Å². The van der Waals surface area contributed by atoms with Crippen LogP contribution in [0.2, 0.25) is 10.0 Å². The Morgan fingerprint density at radius 1 is 0.344 bits per heavy atom. The summed E-state index contributed by atoms with van der Waals surface area (Å²) < 4.78 is 21.5. The fourth-order valence-corrected chi connectivity index (χ4v) is 16.2. The zero-order valence-corrected chi connectivity index (χ0v) is 75.4. The second-order valence-electron chi connectivity index (χ2n) is 29.5.